The Morgan fingerprint density at radius 3 is 2.63 bits per heavy atom. The Morgan fingerprint density at radius 1 is 1.17 bits per heavy atom. The van der Waals surface area contributed by atoms with E-state index < -0.39 is 18.1 Å². The van der Waals surface area contributed by atoms with E-state index in [2.05, 4.69) is 9.88 Å². The molecular formula is C22H23F3N2O3. The molecule has 0 unspecified atom stereocenters. The summed E-state index contributed by atoms with van der Waals surface area (Å²) >= 11 is 0. The van der Waals surface area contributed by atoms with Crippen molar-refractivity contribution in [3.05, 3.63) is 47.8 Å². The van der Waals surface area contributed by atoms with Gasteiger partial charge >= 0.3 is 12.1 Å². The molecule has 1 aromatic carbocycles. The molecule has 1 aliphatic heterocycles. The number of fused-ring (bicyclic) bond motifs is 1. The van der Waals surface area contributed by atoms with Crippen LogP contribution in [0.15, 0.2) is 36.7 Å². The van der Waals surface area contributed by atoms with Gasteiger partial charge < -0.3 is 14.7 Å². The number of hydrogen-bond donors (Lipinski definition) is 1. The zero-order chi connectivity index (χ0) is 21.3. The lowest BCUT2D eigenvalue weighted by molar-refractivity contribution is -0.184. The number of rotatable bonds is 5. The predicted octanol–water partition coefficient (Wildman–Crippen LogP) is 5.22. The molecule has 2 aliphatic rings. The standard InChI is InChI=1S/C22H23F3N2O3/c23-22(24,25)17-4-1-14(2-5-17)13-30-19-10-18(11-26-12-19)27-8-7-15-9-16(21(28)29)3-6-20(15)27/h3,6,9-12,14,17H,1-2,4-5,7-8,13H2,(H,28,29)/t14-,17-. The van der Waals surface area contributed by atoms with Crippen molar-refractivity contribution in [2.45, 2.75) is 38.3 Å². The molecule has 0 atom stereocenters. The van der Waals surface area contributed by atoms with Crippen molar-refractivity contribution in [3.8, 4) is 5.75 Å². The van der Waals surface area contributed by atoms with Crippen LogP contribution in [0.1, 0.15) is 41.6 Å². The monoisotopic (exact) mass is 420 g/mol. The first-order valence-electron chi connectivity index (χ1n) is 10.1. The minimum Gasteiger partial charge on any atom is -0.492 e. The van der Waals surface area contributed by atoms with E-state index in [9.17, 15) is 18.0 Å². The molecule has 30 heavy (non-hydrogen) atoms. The molecule has 8 heteroatoms. The highest BCUT2D eigenvalue weighted by atomic mass is 19.4. The van der Waals surface area contributed by atoms with Crippen molar-refractivity contribution in [1.29, 1.82) is 0 Å². The molecule has 1 aromatic heterocycles. The van der Waals surface area contributed by atoms with E-state index in [0.717, 1.165) is 23.4 Å². The lowest BCUT2D eigenvalue weighted by Crippen LogP contribution is -2.29. The van der Waals surface area contributed by atoms with Crippen LogP contribution in [0, 0.1) is 11.8 Å². The Morgan fingerprint density at radius 2 is 1.93 bits per heavy atom. The second kappa shape index (κ2) is 8.16. The van der Waals surface area contributed by atoms with Crippen molar-refractivity contribution in [3.63, 3.8) is 0 Å². The molecule has 1 N–H and O–H groups in total. The number of carboxylic acid groups (broad SMARTS) is 1. The lowest BCUT2D eigenvalue weighted by atomic mass is 9.82. The average Bonchev–Trinajstić information content (AvgIpc) is 3.15. The summed E-state index contributed by atoms with van der Waals surface area (Å²) in [7, 11) is 0. The highest BCUT2D eigenvalue weighted by molar-refractivity contribution is 5.89. The van der Waals surface area contributed by atoms with Gasteiger partial charge in [-0.1, -0.05) is 0 Å². The third kappa shape index (κ3) is 4.37. The largest absolute Gasteiger partial charge is 0.492 e. The number of benzene rings is 1. The quantitative estimate of drug-likeness (QED) is 0.718. The molecule has 0 bridgehead atoms. The van der Waals surface area contributed by atoms with Crippen LogP contribution in [0.2, 0.25) is 0 Å². The molecule has 160 valence electrons. The van der Waals surface area contributed by atoms with Gasteiger partial charge in [-0.05, 0) is 61.8 Å². The number of alkyl halides is 3. The second-order valence-electron chi connectivity index (χ2n) is 8.00. The SMILES string of the molecule is O=C(O)c1ccc2c(c1)CCN2c1cncc(OC[C@H]2CC[C@H](C(F)(F)F)CC2)c1. The van der Waals surface area contributed by atoms with Crippen LogP contribution in [0.4, 0.5) is 24.5 Å². The van der Waals surface area contributed by atoms with Crippen LogP contribution in [0.3, 0.4) is 0 Å². The molecule has 2 heterocycles. The number of ether oxygens (including phenoxy) is 1. The summed E-state index contributed by atoms with van der Waals surface area (Å²) in [5, 5.41) is 9.16. The van der Waals surface area contributed by atoms with Gasteiger partial charge in [-0.3, -0.25) is 4.98 Å². The van der Waals surface area contributed by atoms with Crippen LogP contribution in [0.25, 0.3) is 0 Å². The Kier molecular flexibility index (Phi) is 5.58. The number of anilines is 2. The van der Waals surface area contributed by atoms with Gasteiger partial charge in [0.25, 0.3) is 0 Å². The summed E-state index contributed by atoms with van der Waals surface area (Å²) in [5.41, 5.74) is 3.04. The maximum absolute atomic E-state index is 12.8. The van der Waals surface area contributed by atoms with Crippen molar-refractivity contribution < 1.29 is 27.8 Å². The fourth-order valence-corrected chi connectivity index (χ4v) is 4.31. The maximum Gasteiger partial charge on any atom is 0.391 e. The van der Waals surface area contributed by atoms with Crippen LogP contribution >= 0.6 is 0 Å². The summed E-state index contributed by atoms with van der Waals surface area (Å²) < 4.78 is 44.3. The normalized spacial score (nSPS) is 21.4. The Balaban J connectivity index is 1.38. The van der Waals surface area contributed by atoms with E-state index in [1.807, 2.05) is 6.07 Å². The van der Waals surface area contributed by atoms with E-state index in [-0.39, 0.29) is 24.3 Å². The van der Waals surface area contributed by atoms with Crippen molar-refractivity contribution in [2.75, 3.05) is 18.1 Å². The van der Waals surface area contributed by atoms with Crippen molar-refractivity contribution >= 4 is 17.3 Å². The number of nitrogens with zero attached hydrogens (tertiary/aromatic N) is 2. The summed E-state index contributed by atoms with van der Waals surface area (Å²) in [4.78, 5) is 17.5. The molecule has 2 aromatic rings. The molecule has 0 saturated heterocycles. The number of carboxylic acids is 1. The molecule has 0 spiro atoms. The number of pyridine rings is 1. The van der Waals surface area contributed by atoms with Gasteiger partial charge in [-0.25, -0.2) is 4.79 Å². The van der Waals surface area contributed by atoms with Gasteiger partial charge in [0, 0.05) is 18.3 Å². The Bertz CT molecular complexity index is 924. The van der Waals surface area contributed by atoms with Gasteiger partial charge in [0.1, 0.15) is 5.75 Å². The second-order valence-corrected chi connectivity index (χ2v) is 8.00. The fourth-order valence-electron chi connectivity index (χ4n) is 4.31. The zero-order valence-electron chi connectivity index (χ0n) is 16.4. The third-order valence-corrected chi connectivity index (χ3v) is 6.03. The minimum atomic E-state index is -4.10. The average molecular weight is 420 g/mol. The summed E-state index contributed by atoms with van der Waals surface area (Å²) in [6.07, 6.45) is 1.34. The molecule has 1 aliphatic carbocycles. The topological polar surface area (TPSA) is 62.7 Å². The smallest absolute Gasteiger partial charge is 0.391 e. The van der Waals surface area contributed by atoms with Crippen LogP contribution in [0.5, 0.6) is 5.75 Å². The number of halogens is 3. The Hall–Kier alpha value is -2.77. The molecule has 1 saturated carbocycles. The zero-order valence-corrected chi connectivity index (χ0v) is 16.4. The van der Waals surface area contributed by atoms with E-state index in [1.165, 1.54) is 0 Å². The van der Waals surface area contributed by atoms with Crippen LogP contribution in [-0.2, 0) is 6.42 Å². The Labute approximate surface area is 172 Å². The lowest BCUT2D eigenvalue weighted by Gasteiger charge is -2.29. The van der Waals surface area contributed by atoms with Gasteiger partial charge in [0.2, 0.25) is 0 Å². The van der Waals surface area contributed by atoms with Crippen molar-refractivity contribution in [2.24, 2.45) is 11.8 Å². The first-order valence-corrected chi connectivity index (χ1v) is 10.1. The van der Waals surface area contributed by atoms with Crippen LogP contribution in [-0.4, -0.2) is 35.4 Å². The van der Waals surface area contributed by atoms with E-state index in [0.29, 0.717) is 31.7 Å². The summed E-state index contributed by atoms with van der Waals surface area (Å²) in [6.45, 7) is 1.10. The molecule has 0 amide bonds. The fraction of sp³-hybridized carbons (Fsp3) is 0.455. The minimum absolute atomic E-state index is 0.120. The first kappa shape index (κ1) is 20.5. The number of aromatic carboxylic acids is 1. The van der Waals surface area contributed by atoms with Gasteiger partial charge in [0.15, 0.2) is 0 Å². The highest BCUT2D eigenvalue weighted by Gasteiger charge is 2.41. The number of aromatic nitrogens is 1. The van der Waals surface area contributed by atoms with E-state index >= 15 is 0 Å². The van der Waals surface area contributed by atoms with Gasteiger partial charge in [-0.15, -0.1) is 0 Å². The van der Waals surface area contributed by atoms with E-state index in [4.69, 9.17) is 9.84 Å². The summed E-state index contributed by atoms with van der Waals surface area (Å²) in [6, 6.07) is 6.96. The first-order chi connectivity index (χ1) is 14.3. The molecule has 4 rings (SSSR count). The summed E-state index contributed by atoms with van der Waals surface area (Å²) in [5.74, 6) is -1.43. The molecular weight excluding hydrogens is 397 g/mol. The van der Waals surface area contributed by atoms with E-state index in [1.54, 1.807) is 30.6 Å². The molecule has 1 fully saturated rings. The van der Waals surface area contributed by atoms with Gasteiger partial charge in [0.05, 0.1) is 36.2 Å². The third-order valence-electron chi connectivity index (χ3n) is 6.03. The van der Waals surface area contributed by atoms with Crippen molar-refractivity contribution in [1.82, 2.24) is 4.98 Å². The van der Waals surface area contributed by atoms with Crippen LogP contribution < -0.4 is 9.64 Å². The molecule has 5 nitrogen and oxygen atoms in total. The highest BCUT2D eigenvalue weighted by Crippen LogP contribution is 2.40. The molecule has 0 radical (unpaired) electrons. The van der Waals surface area contributed by atoms with Gasteiger partial charge in [-0.2, -0.15) is 13.2 Å². The number of carbonyl (C=O) groups is 1. The number of hydrogen-bond acceptors (Lipinski definition) is 4. The maximum atomic E-state index is 12.8. The predicted molar refractivity (Wildman–Crippen MR) is 105 cm³/mol.